The second-order valence-corrected chi connectivity index (χ2v) is 22.1. The minimum absolute atomic E-state index is 0.0180. The lowest BCUT2D eigenvalue weighted by Gasteiger charge is -2.29. The molecule has 0 aliphatic heterocycles. The molecule has 0 saturated heterocycles. The smallest absolute Gasteiger partial charge is 0.329 e. The predicted octanol–water partition coefficient (Wildman–Crippen LogP) is 15.9. The Kier molecular flexibility index (Phi) is 60.3. The van der Waals surface area contributed by atoms with E-state index in [4.69, 9.17) is 18.9 Å². The summed E-state index contributed by atoms with van der Waals surface area (Å²) in [6, 6.07) is 17.9. The monoisotopic (exact) mass is 1210 g/mol. The van der Waals surface area contributed by atoms with Gasteiger partial charge in [-0.05, 0) is 109 Å². The van der Waals surface area contributed by atoms with Gasteiger partial charge in [0.15, 0.2) is 23.8 Å². The van der Waals surface area contributed by atoms with Crippen LogP contribution in [0, 0.1) is 55.3 Å². The summed E-state index contributed by atoms with van der Waals surface area (Å²) in [4.78, 5) is 82.3. The summed E-state index contributed by atoms with van der Waals surface area (Å²) in [5, 5.41) is 0.952. The van der Waals surface area contributed by atoms with E-state index in [1.807, 2.05) is 80.5 Å². The van der Waals surface area contributed by atoms with E-state index in [9.17, 15) is 33.6 Å². The van der Waals surface area contributed by atoms with E-state index in [2.05, 4.69) is 128 Å². The fraction of sp³-hybridized carbons (Fsp3) is 0.687. The van der Waals surface area contributed by atoms with Crippen molar-refractivity contribution in [3.05, 3.63) is 83.6 Å². The number of Topliss-reactive ketones (excluding diaryl/α,β-unsaturated/α-hetero) is 2. The SMILES string of the molecule is C=C(OC(C)C(=O)CCC)C(CC(C)C)N(C)C=O.CC.CC.CC(C)CC(C)C=O.CCOC(=O)C(CC(C)C)C(C)CC.COCC(=O)N(C)C(CC(C)C)C(=O)OC(C)C(C)=O.Cc1ccc(CBr)cc1.Cc1ccccc1. The highest BCUT2D eigenvalue weighted by molar-refractivity contribution is 9.08. The molecular formula is C67H119BrN2O11. The van der Waals surface area contributed by atoms with Crippen LogP contribution in [0.25, 0.3) is 0 Å². The Labute approximate surface area is 504 Å². The van der Waals surface area contributed by atoms with Crippen molar-refractivity contribution in [2.24, 2.45) is 41.4 Å². The topological polar surface area (TPSA) is 163 Å². The van der Waals surface area contributed by atoms with Crippen molar-refractivity contribution in [1.29, 1.82) is 0 Å². The minimum Gasteiger partial charge on any atom is -0.486 e. The Morgan fingerprint density at radius 1 is 0.642 bits per heavy atom. The highest BCUT2D eigenvalue weighted by Gasteiger charge is 2.31. The average Bonchev–Trinajstić information content (AvgIpc) is 3.42. The van der Waals surface area contributed by atoms with Crippen LogP contribution in [-0.2, 0) is 57.8 Å². The summed E-state index contributed by atoms with van der Waals surface area (Å²) >= 11 is 3.38. The lowest BCUT2D eigenvalue weighted by Crippen LogP contribution is -2.46. The first kappa shape index (κ1) is 87.5. The van der Waals surface area contributed by atoms with E-state index in [0.29, 0.717) is 48.9 Å². The molecule has 7 unspecified atom stereocenters. The number of benzene rings is 2. The molecule has 0 N–H and O–H groups in total. The summed E-state index contributed by atoms with van der Waals surface area (Å²) in [5.74, 6) is 2.02. The molecule has 0 fully saturated rings. The van der Waals surface area contributed by atoms with Crippen molar-refractivity contribution in [2.45, 2.75) is 227 Å². The molecule has 81 heavy (non-hydrogen) atoms. The number of carbonyl (C=O) groups is 7. The van der Waals surface area contributed by atoms with Crippen LogP contribution < -0.4 is 0 Å². The van der Waals surface area contributed by atoms with E-state index in [-0.39, 0.29) is 53.8 Å². The Hall–Kier alpha value is -4.69. The molecule has 2 rings (SSSR count). The molecular weight excluding hydrogens is 1090 g/mol. The molecule has 0 aliphatic carbocycles. The third-order valence-electron chi connectivity index (χ3n) is 11.9. The molecule has 13 nitrogen and oxygen atoms in total. The Morgan fingerprint density at radius 2 is 1.11 bits per heavy atom. The molecule has 2 aromatic carbocycles. The number of rotatable bonds is 28. The van der Waals surface area contributed by atoms with Gasteiger partial charge in [-0.25, -0.2) is 4.79 Å². The lowest BCUT2D eigenvalue weighted by molar-refractivity contribution is -0.162. The van der Waals surface area contributed by atoms with Crippen LogP contribution in [0.3, 0.4) is 0 Å². The van der Waals surface area contributed by atoms with Gasteiger partial charge in [-0.15, -0.1) is 0 Å². The molecule has 0 saturated carbocycles. The van der Waals surface area contributed by atoms with Crippen molar-refractivity contribution < 1.29 is 52.5 Å². The minimum atomic E-state index is -0.803. The average molecular weight is 1210 g/mol. The molecule has 0 heterocycles. The maximum Gasteiger partial charge on any atom is 0.329 e. The number of hydrogen-bond acceptors (Lipinski definition) is 11. The lowest BCUT2D eigenvalue weighted by atomic mass is 9.85. The quantitative estimate of drug-likeness (QED) is 0.0345. The number of ketones is 2. The number of amides is 2. The predicted molar refractivity (Wildman–Crippen MR) is 342 cm³/mol. The maximum absolute atomic E-state index is 12.1. The highest BCUT2D eigenvalue weighted by atomic mass is 79.9. The molecule has 0 spiro atoms. The van der Waals surface area contributed by atoms with E-state index in [0.717, 1.165) is 50.1 Å². The van der Waals surface area contributed by atoms with Crippen LogP contribution >= 0.6 is 15.9 Å². The van der Waals surface area contributed by atoms with Gasteiger partial charge < -0.3 is 33.5 Å². The number of aldehydes is 1. The number of methoxy groups -OCH3 is 1. The molecule has 470 valence electrons. The molecule has 0 radical (unpaired) electrons. The first-order valence-corrected chi connectivity index (χ1v) is 30.8. The number of hydrogen-bond donors (Lipinski definition) is 0. The normalized spacial score (nSPS) is 12.6. The Bertz CT molecular complexity index is 1890. The van der Waals surface area contributed by atoms with Gasteiger partial charge in [0.05, 0.1) is 18.6 Å². The zero-order valence-electron chi connectivity index (χ0n) is 55.7. The first-order chi connectivity index (χ1) is 37.9. The van der Waals surface area contributed by atoms with Crippen LogP contribution in [0.1, 0.15) is 200 Å². The van der Waals surface area contributed by atoms with E-state index < -0.39 is 24.2 Å². The number of carbonyl (C=O) groups excluding carboxylic acids is 7. The number of aryl methyl sites for hydroxylation is 2. The van der Waals surface area contributed by atoms with Gasteiger partial charge in [0.2, 0.25) is 12.3 Å². The summed E-state index contributed by atoms with van der Waals surface area (Å²) < 4.78 is 20.6. The summed E-state index contributed by atoms with van der Waals surface area (Å²) in [5.41, 5.74) is 3.97. The van der Waals surface area contributed by atoms with Gasteiger partial charge in [0, 0.05) is 38.9 Å². The molecule has 14 heteroatoms. The van der Waals surface area contributed by atoms with Gasteiger partial charge in [-0.2, -0.15) is 0 Å². The molecule has 2 aromatic rings. The summed E-state index contributed by atoms with van der Waals surface area (Å²) in [6.45, 7) is 47.7. The van der Waals surface area contributed by atoms with Crippen molar-refractivity contribution in [2.75, 3.05) is 34.4 Å². The summed E-state index contributed by atoms with van der Waals surface area (Å²) in [6.07, 6.45) is 6.02. The van der Waals surface area contributed by atoms with Gasteiger partial charge in [-0.3, -0.25) is 24.0 Å². The van der Waals surface area contributed by atoms with Crippen molar-refractivity contribution in [1.82, 2.24) is 9.80 Å². The number of ether oxygens (including phenoxy) is 4. The zero-order chi connectivity index (χ0) is 64.4. The Balaban J connectivity index is -0.000000213. The van der Waals surface area contributed by atoms with Crippen LogP contribution in [0.15, 0.2) is 66.9 Å². The fourth-order valence-corrected chi connectivity index (χ4v) is 7.45. The molecule has 0 aliphatic rings. The van der Waals surface area contributed by atoms with Crippen molar-refractivity contribution in [3.63, 3.8) is 0 Å². The molecule has 7 atom stereocenters. The number of likely N-dealkylation sites (N-methyl/N-ethyl adjacent to an activating group) is 2. The fourth-order valence-electron chi connectivity index (χ4n) is 7.07. The van der Waals surface area contributed by atoms with Crippen molar-refractivity contribution in [3.8, 4) is 0 Å². The third-order valence-corrected chi connectivity index (χ3v) is 12.5. The van der Waals surface area contributed by atoms with Gasteiger partial charge >= 0.3 is 11.9 Å². The standard InChI is InChI=1S/C15H27NO3.C14H25NO5.C12H24O2.C8H9Br.C7H14O.C7H8.2C2H6/c1-7-8-15(18)13(5)19-12(4)14(9-11(2)3)16(6)10-17;1-9(2)7-12(15(5)13(17)8-19-6)14(18)20-11(4)10(3)16;1-6-10(5)11(8-9(3)4)12(13)14-7-2;1-7-2-4-8(6-9)5-3-7;1-6(2)4-7(3)5-8;1-7-5-3-2-4-6-7;2*1-2/h10-11,13-14H,4,7-9H2,1-3,5-6H3;9,11-12H,7-8H2,1-6H3;9-11H,6-8H2,1-5H3;2-5H,6H2,1H3;5-7H,4H2,1-3H3;2-6H,1H3;2*1-2H3. The second-order valence-electron chi connectivity index (χ2n) is 21.5. The third kappa shape index (κ3) is 49.6. The van der Waals surface area contributed by atoms with E-state index in [1.165, 1.54) is 49.6 Å². The van der Waals surface area contributed by atoms with Crippen LogP contribution in [0.2, 0.25) is 0 Å². The van der Waals surface area contributed by atoms with Crippen LogP contribution in [-0.4, -0.2) is 111 Å². The number of nitrogens with zero attached hydrogens (tertiary/aromatic N) is 2. The van der Waals surface area contributed by atoms with Gasteiger partial charge in [0.1, 0.15) is 24.7 Å². The first-order valence-electron chi connectivity index (χ1n) is 29.7. The van der Waals surface area contributed by atoms with E-state index in [1.54, 1.807) is 18.9 Å². The maximum atomic E-state index is 12.1. The van der Waals surface area contributed by atoms with E-state index >= 15 is 0 Å². The van der Waals surface area contributed by atoms with Gasteiger partial charge in [0.25, 0.3) is 0 Å². The van der Waals surface area contributed by atoms with Crippen molar-refractivity contribution >= 4 is 58.0 Å². The number of alkyl halides is 1. The molecule has 0 bridgehead atoms. The Morgan fingerprint density at radius 3 is 1.46 bits per heavy atom. The number of esters is 2. The molecule has 0 aromatic heterocycles. The van der Waals surface area contributed by atoms with Crippen LogP contribution in [0.5, 0.6) is 0 Å². The second kappa shape index (κ2) is 55.8. The molecule has 2 amide bonds. The van der Waals surface area contributed by atoms with Gasteiger partial charge in [-0.1, -0.05) is 205 Å². The number of halogens is 1. The zero-order valence-corrected chi connectivity index (χ0v) is 57.3. The van der Waals surface area contributed by atoms with Crippen LogP contribution in [0.4, 0.5) is 0 Å². The summed E-state index contributed by atoms with van der Waals surface area (Å²) in [7, 11) is 4.65. The highest BCUT2D eigenvalue weighted by Crippen LogP contribution is 2.24. The largest absolute Gasteiger partial charge is 0.486 e.